The number of carbonyl (C=O) groups excluding carboxylic acids is 12. The Morgan fingerprint density at radius 2 is 1.04 bits per heavy atom. The first-order valence-electron chi connectivity index (χ1n) is 31.5. The van der Waals surface area contributed by atoms with Crippen molar-refractivity contribution >= 4 is 100 Å². The molecule has 92 heavy (non-hydrogen) atoms. The van der Waals surface area contributed by atoms with Gasteiger partial charge in [-0.1, -0.05) is 0 Å². The van der Waals surface area contributed by atoms with Gasteiger partial charge in [0.25, 0.3) is 0 Å². The number of hydrogen-bond donors (Lipinski definition) is 13. The Morgan fingerprint density at radius 1 is 0.587 bits per heavy atom. The van der Waals surface area contributed by atoms with Crippen molar-refractivity contribution in [2.75, 3.05) is 69.9 Å². The Kier molecular flexibility index (Phi) is 28.7. The van der Waals surface area contributed by atoms with Crippen LogP contribution in [-0.2, 0) is 68.7 Å². The predicted octanol–water partition coefficient (Wildman–Crippen LogP) is -4.89. The molecule has 0 aromatic carbocycles. The van der Waals surface area contributed by atoms with Crippen LogP contribution in [0.1, 0.15) is 115 Å². The van der Waals surface area contributed by atoms with Crippen LogP contribution in [0.5, 0.6) is 0 Å². The van der Waals surface area contributed by atoms with Crippen molar-refractivity contribution in [3.63, 3.8) is 0 Å². The van der Waals surface area contributed by atoms with Crippen molar-refractivity contribution in [3.05, 3.63) is 18.2 Å². The van der Waals surface area contributed by atoms with Gasteiger partial charge in [-0.05, 0) is 134 Å². The second kappa shape index (κ2) is 35.8. The van der Waals surface area contributed by atoms with Crippen LogP contribution in [-0.4, -0.2) is 275 Å². The number of carboxylic acid groups (broad SMARTS) is 1. The number of hydrogen-bond acceptors (Lipinski definition) is 20. The first-order valence-corrected chi connectivity index (χ1v) is 34.3. The first-order chi connectivity index (χ1) is 44.0. The van der Waals surface area contributed by atoms with Crippen LogP contribution in [0, 0.1) is 0 Å². The number of nitrogens with zero attached hydrogens (tertiary/aromatic N) is 6. The van der Waals surface area contributed by atoms with Crippen LogP contribution in [0.4, 0.5) is 0 Å². The van der Waals surface area contributed by atoms with Gasteiger partial charge < -0.3 is 93.9 Å². The van der Waals surface area contributed by atoms with Crippen molar-refractivity contribution in [3.8, 4) is 0 Å². The van der Waals surface area contributed by atoms with Crippen molar-refractivity contribution in [1.82, 2.24) is 66.4 Å². The van der Waals surface area contributed by atoms with Crippen LogP contribution in [0.3, 0.4) is 0 Å². The third-order valence-electron chi connectivity index (χ3n) is 17.4. The standard InChI is InChI=1S/C58H92N16O16S2/c1-32(76)46(69-48(79)35(18-26-92-3)64-50(81)38(28-45(61)77)66-47(78)34(60)17-25-91-2)57(88)74-24-10-16-44(74)56(87)73-23-9-15-43(73)55(86)71-21-7-13-41(71)52(83)67-37(27-33-29-62-31-63-33)49(80)68-39(30-75)53(84)72-22-8-14-42(72)54(85)70-20-6-12-40(70)51(82)65-36(58(89)90)11-4-5-19-59/h29,31-32,34-44,46,75-76H,4-28,30,59-60H2,1-3H3,(H2,61,77)(H,62,63)(H,64,81)(H,65,82)(H,66,78)(H,67,83)(H,68,80)(H,69,79)(H,89,90)/t32-,34+,35+,36+,37+,38+,39+,40+,41+,42+,43+,44+,46+/m1/s1. The number of rotatable bonds is 34. The zero-order valence-electron chi connectivity index (χ0n) is 52.4. The van der Waals surface area contributed by atoms with E-state index >= 15 is 0 Å². The highest BCUT2D eigenvalue weighted by Gasteiger charge is 2.49. The minimum absolute atomic E-state index is 0.0172. The number of H-pyrrole nitrogens is 1. The molecule has 0 saturated carbocycles. The minimum atomic E-state index is -1.63. The molecule has 6 heterocycles. The number of imidazole rings is 1. The van der Waals surface area contributed by atoms with E-state index in [-0.39, 0.29) is 90.5 Å². The average Bonchev–Trinajstić information content (AvgIpc) is 1.63. The van der Waals surface area contributed by atoms with Crippen LogP contribution >= 0.6 is 23.5 Å². The highest BCUT2D eigenvalue weighted by Crippen LogP contribution is 2.30. The Labute approximate surface area is 542 Å². The number of carboxylic acids is 1. The maximum Gasteiger partial charge on any atom is 0.326 e. The van der Waals surface area contributed by atoms with E-state index in [1.807, 2.05) is 6.26 Å². The van der Waals surface area contributed by atoms with Gasteiger partial charge in [0.2, 0.25) is 70.9 Å². The third-order valence-corrected chi connectivity index (χ3v) is 18.7. The average molecular weight is 1330 g/mol. The number of aromatic nitrogens is 2. The number of aliphatic hydroxyl groups is 2. The molecule has 6 rings (SSSR count). The first kappa shape index (κ1) is 73.9. The predicted molar refractivity (Wildman–Crippen MR) is 335 cm³/mol. The molecule has 13 atom stereocenters. The summed E-state index contributed by atoms with van der Waals surface area (Å²) in [6, 6.07) is -15.1. The summed E-state index contributed by atoms with van der Waals surface area (Å²) in [5.74, 6) is -9.34. The number of unbranched alkanes of at least 4 members (excludes halogenated alkanes) is 1. The van der Waals surface area contributed by atoms with Crippen molar-refractivity contribution in [2.24, 2.45) is 17.2 Å². The number of nitrogens with one attached hydrogen (secondary N) is 7. The lowest BCUT2D eigenvalue weighted by Gasteiger charge is -2.35. The monoisotopic (exact) mass is 1330 g/mol. The van der Waals surface area contributed by atoms with E-state index in [0.29, 0.717) is 68.7 Å². The van der Waals surface area contributed by atoms with Gasteiger partial charge in [0, 0.05) is 51.0 Å². The highest BCUT2D eigenvalue weighted by molar-refractivity contribution is 7.98. The van der Waals surface area contributed by atoms with E-state index in [1.54, 1.807) is 6.26 Å². The van der Waals surface area contributed by atoms with Crippen molar-refractivity contribution < 1.29 is 77.6 Å². The largest absolute Gasteiger partial charge is 0.480 e. The summed E-state index contributed by atoms with van der Waals surface area (Å²) in [7, 11) is 0. The van der Waals surface area contributed by atoms with Crippen LogP contribution < -0.4 is 49.1 Å². The van der Waals surface area contributed by atoms with Crippen LogP contribution in [0.15, 0.2) is 12.5 Å². The molecule has 512 valence electrons. The highest BCUT2D eigenvalue weighted by atomic mass is 32.2. The van der Waals surface area contributed by atoms with Crippen molar-refractivity contribution in [1.29, 1.82) is 0 Å². The number of aliphatic hydroxyl groups excluding tert-OH is 2. The second-order valence-corrected chi connectivity index (χ2v) is 25.9. The molecule has 5 aliphatic heterocycles. The molecule has 1 aromatic heterocycles. The number of nitrogens with two attached hydrogens (primary N) is 3. The van der Waals surface area contributed by atoms with Gasteiger partial charge in [0.15, 0.2) is 0 Å². The van der Waals surface area contributed by atoms with E-state index < -0.39 is 168 Å². The summed E-state index contributed by atoms with van der Waals surface area (Å²) < 4.78 is 0. The maximum atomic E-state index is 14.7. The molecule has 1 aromatic rings. The molecule has 0 radical (unpaired) electrons. The molecule has 0 bridgehead atoms. The molecule has 34 heteroatoms. The number of likely N-dealkylation sites (tertiary alicyclic amines) is 5. The molecular formula is C58H92N16O16S2. The number of aliphatic carboxylic acids is 1. The summed E-state index contributed by atoms with van der Waals surface area (Å²) >= 11 is 2.80. The quantitative estimate of drug-likeness (QED) is 0.0288. The Hall–Kier alpha value is -7.14. The van der Waals surface area contributed by atoms with Gasteiger partial charge in [-0.25, -0.2) is 9.78 Å². The SMILES string of the molecule is CSCC[C@H](NC(=O)[C@H](CC(N)=O)NC(=O)[C@@H](N)CCSC)C(=O)N[C@H](C(=O)N1CCC[C@H]1C(=O)N1CCC[C@H]1C(=O)N1CCC[C@H]1C(=O)N[C@@H](Cc1cnc[nH]1)C(=O)N[C@@H](CO)C(=O)N1CCC[C@H]1C(=O)N1CCC[C@H]1C(=O)N[C@@H](CCCCN)C(=O)O)[C@@H](C)O. The summed E-state index contributed by atoms with van der Waals surface area (Å²) in [6.45, 7) is 1.24. The normalized spacial score (nSPS) is 22.3. The van der Waals surface area contributed by atoms with E-state index in [4.69, 9.17) is 17.2 Å². The van der Waals surface area contributed by atoms with Gasteiger partial charge in [-0.3, -0.25) is 57.5 Å². The van der Waals surface area contributed by atoms with Crippen molar-refractivity contribution in [2.45, 2.75) is 195 Å². The van der Waals surface area contributed by atoms with Gasteiger partial charge in [0.05, 0.1) is 31.5 Å². The molecule has 32 nitrogen and oxygen atoms in total. The molecule has 0 unspecified atom stereocenters. The third kappa shape index (κ3) is 19.5. The lowest BCUT2D eigenvalue weighted by atomic mass is 10.1. The topological polar surface area (TPSA) is 478 Å². The molecule has 5 fully saturated rings. The smallest absolute Gasteiger partial charge is 0.326 e. The fourth-order valence-electron chi connectivity index (χ4n) is 12.5. The maximum absolute atomic E-state index is 14.7. The van der Waals surface area contributed by atoms with Crippen LogP contribution in [0.25, 0.3) is 0 Å². The summed E-state index contributed by atoms with van der Waals surface area (Å²) in [5, 5.41) is 46.8. The number of carbonyl (C=O) groups is 13. The van der Waals surface area contributed by atoms with Gasteiger partial charge in [-0.2, -0.15) is 23.5 Å². The second-order valence-electron chi connectivity index (χ2n) is 23.9. The zero-order chi connectivity index (χ0) is 67.3. The van der Waals surface area contributed by atoms with Crippen LogP contribution in [0.2, 0.25) is 0 Å². The van der Waals surface area contributed by atoms with E-state index in [1.165, 1.54) is 67.5 Å². The minimum Gasteiger partial charge on any atom is -0.480 e. The molecule has 16 N–H and O–H groups in total. The number of primary amides is 1. The fraction of sp³-hybridized carbons (Fsp3) is 0.724. The molecule has 5 saturated heterocycles. The van der Waals surface area contributed by atoms with E-state index in [9.17, 15) is 77.6 Å². The number of aromatic amines is 1. The molecule has 5 aliphatic rings. The van der Waals surface area contributed by atoms with Gasteiger partial charge >= 0.3 is 5.97 Å². The Balaban J connectivity index is 1.10. The lowest BCUT2D eigenvalue weighted by Crippen LogP contribution is -2.62. The molecule has 12 amide bonds. The fourth-order valence-corrected chi connectivity index (χ4v) is 13.4. The lowest BCUT2D eigenvalue weighted by molar-refractivity contribution is -0.152. The van der Waals surface area contributed by atoms with E-state index in [0.717, 1.165) is 0 Å². The van der Waals surface area contributed by atoms with E-state index in [2.05, 4.69) is 41.9 Å². The number of amides is 12. The number of thioether (sulfide) groups is 2. The van der Waals surface area contributed by atoms with Gasteiger partial charge in [0.1, 0.15) is 66.5 Å². The Bertz CT molecular complexity index is 2790. The molecule has 0 aliphatic carbocycles. The Morgan fingerprint density at radius 3 is 1.53 bits per heavy atom. The molecular weight excluding hydrogens is 1240 g/mol. The summed E-state index contributed by atoms with van der Waals surface area (Å²) in [4.78, 5) is 193. The summed E-state index contributed by atoms with van der Waals surface area (Å²) in [5.41, 5.74) is 17.4. The zero-order valence-corrected chi connectivity index (χ0v) is 54.1. The summed E-state index contributed by atoms with van der Waals surface area (Å²) in [6.07, 6.45) is 8.44. The van der Waals surface area contributed by atoms with Gasteiger partial charge in [-0.15, -0.1) is 0 Å². The molecule has 0 spiro atoms.